The zero-order chi connectivity index (χ0) is 51.7. The molecule has 3 aromatic heterocycles. The Morgan fingerprint density at radius 3 is 1.66 bits per heavy atom. The van der Waals surface area contributed by atoms with Crippen molar-refractivity contribution in [2.24, 2.45) is 0 Å². The summed E-state index contributed by atoms with van der Waals surface area (Å²) in [6, 6.07) is 63.6. The number of hydrogen-bond acceptors (Lipinski definition) is 2. The van der Waals surface area contributed by atoms with E-state index in [1.165, 1.54) is 38.9 Å². The predicted molar refractivity (Wildman–Crippen MR) is 303 cm³/mol. The van der Waals surface area contributed by atoms with Crippen LogP contribution < -0.4 is 9.30 Å². The summed E-state index contributed by atoms with van der Waals surface area (Å²) in [5.41, 5.74) is 14.1. The normalized spacial score (nSPS) is 12.7. The zero-order valence-electron chi connectivity index (χ0n) is 45.1. The summed E-state index contributed by atoms with van der Waals surface area (Å²) in [6.45, 7) is 29.8. The Morgan fingerprint density at radius 2 is 1.04 bits per heavy atom. The lowest BCUT2D eigenvalue weighted by molar-refractivity contribution is -0.611. The molecule has 7 aromatic carbocycles. The first kappa shape index (κ1) is 49.1. The quantitative estimate of drug-likeness (QED) is 0.101. The van der Waals surface area contributed by atoms with Gasteiger partial charge in [-0.3, -0.25) is 13.7 Å². The topological polar surface area (TPSA) is 35.9 Å². The Bertz CT molecular complexity index is 3600. The van der Waals surface area contributed by atoms with Crippen LogP contribution in [0.1, 0.15) is 129 Å². The molecule has 368 valence electrons. The smallest absolute Gasteiger partial charge is 0.269 e. The molecule has 0 radical (unpaired) electrons. The number of benzene rings is 7. The third kappa shape index (κ3) is 9.54. The summed E-state index contributed by atoms with van der Waals surface area (Å²) in [7, 11) is 0. The highest BCUT2D eigenvalue weighted by Gasteiger charge is 2.31. The van der Waals surface area contributed by atoms with E-state index in [4.69, 9.17) is 9.72 Å². The number of imidazole rings is 1. The molecule has 0 amide bonds. The molecule has 0 N–H and O–H groups in total. The van der Waals surface area contributed by atoms with Crippen LogP contribution in [0.4, 0.5) is 0 Å². The van der Waals surface area contributed by atoms with Gasteiger partial charge in [0, 0.05) is 40.1 Å². The van der Waals surface area contributed by atoms with Crippen LogP contribution >= 0.6 is 0 Å². The fourth-order valence-corrected chi connectivity index (χ4v) is 10.2. The molecule has 0 bridgehead atoms. The van der Waals surface area contributed by atoms with Crippen LogP contribution in [0.5, 0.6) is 11.5 Å². The first-order chi connectivity index (χ1) is 34.6. The number of pyridine rings is 1. The number of nitrogens with zero attached hydrogens (tertiary/aromatic N) is 4. The van der Waals surface area contributed by atoms with Crippen LogP contribution in [0.15, 0.2) is 188 Å². The van der Waals surface area contributed by atoms with Crippen molar-refractivity contribution >= 4 is 21.8 Å². The van der Waals surface area contributed by atoms with Gasteiger partial charge in [-0.1, -0.05) is 193 Å². The Kier molecular flexibility index (Phi) is 12.2. The fraction of sp³-hybridized carbons (Fsp3) is 0.265. The van der Waals surface area contributed by atoms with E-state index >= 15 is 0 Å². The molecular formula is C68H70N4O. The maximum Gasteiger partial charge on any atom is 0.269 e. The Balaban J connectivity index is 1.17. The van der Waals surface area contributed by atoms with E-state index < -0.39 is 0 Å². The van der Waals surface area contributed by atoms with Crippen molar-refractivity contribution in [2.75, 3.05) is 0 Å². The summed E-state index contributed by atoms with van der Waals surface area (Å²) in [5, 5.41) is 2.29. The highest BCUT2D eigenvalue weighted by atomic mass is 16.5. The fourth-order valence-electron chi connectivity index (χ4n) is 10.2. The van der Waals surface area contributed by atoms with Crippen molar-refractivity contribution in [3.05, 3.63) is 234 Å². The summed E-state index contributed by atoms with van der Waals surface area (Å²) in [5.74, 6) is 2.35. The van der Waals surface area contributed by atoms with E-state index in [0.717, 1.165) is 61.8 Å². The first-order valence-electron chi connectivity index (χ1n) is 25.8. The minimum Gasteiger partial charge on any atom is -0.458 e. The monoisotopic (exact) mass is 959 g/mol. The van der Waals surface area contributed by atoms with Crippen LogP contribution in [0.3, 0.4) is 0 Å². The Hall–Kier alpha value is -7.50. The Labute approximate surface area is 433 Å². The molecule has 10 rings (SSSR count). The average Bonchev–Trinajstić information content (AvgIpc) is 3.97. The molecule has 10 aromatic rings. The second-order valence-electron chi connectivity index (χ2n) is 24.2. The van der Waals surface area contributed by atoms with E-state index in [2.05, 4.69) is 292 Å². The minimum absolute atomic E-state index is 0.0538. The molecule has 0 fully saturated rings. The maximum atomic E-state index is 7.18. The van der Waals surface area contributed by atoms with E-state index in [-0.39, 0.29) is 27.1 Å². The van der Waals surface area contributed by atoms with E-state index in [1.807, 2.05) is 6.20 Å². The lowest BCUT2D eigenvalue weighted by Gasteiger charge is -2.29. The lowest BCUT2D eigenvalue weighted by Crippen LogP contribution is -2.41. The molecule has 0 unspecified atom stereocenters. The van der Waals surface area contributed by atoms with Gasteiger partial charge in [0.2, 0.25) is 0 Å². The van der Waals surface area contributed by atoms with Crippen molar-refractivity contribution < 1.29 is 9.30 Å². The Morgan fingerprint density at radius 1 is 0.438 bits per heavy atom. The summed E-state index contributed by atoms with van der Waals surface area (Å²) in [4.78, 5) is 5.02. The second kappa shape index (κ2) is 18.2. The lowest BCUT2D eigenvalue weighted by atomic mass is 9.78. The van der Waals surface area contributed by atoms with Gasteiger partial charge >= 0.3 is 0 Å². The SMILES string of the molecule is CC(C)(C)c1cc(-[n+]2[c-]n(-c3cc(Oc4ccc5c6cc(-c7ccccc7)ccc6n(-c6cc(C(C)(C)C)ccn6)c5c4)cc(C(C)(C)c4ccccc4)c3)cc2C(C)(C)c2ccccc2)cc(C(C)(C)C)c1. The average molecular weight is 959 g/mol. The van der Waals surface area contributed by atoms with E-state index in [0.29, 0.717) is 0 Å². The van der Waals surface area contributed by atoms with Crippen molar-refractivity contribution in [2.45, 2.75) is 117 Å². The standard InChI is InChI=1S/C68H70N4O/c1-64(2,3)50-33-34-69-63(41-50)72-60-32-29-47(46-23-17-14-18-24-46)35-59(60)58-31-30-56(43-61(58)72)73-57-40-53(67(10,11)48-25-19-15-20-26-48)39-54(42-57)70-44-62(68(12,13)49-27-21-16-22-28-49)71(45-70)55-37-51(65(4,5)6)36-52(38-55)66(7,8)9/h14-44H,1-13H3. The van der Waals surface area contributed by atoms with Crippen molar-refractivity contribution in [1.82, 2.24) is 14.1 Å². The molecule has 73 heavy (non-hydrogen) atoms. The number of hydrogen-bond donors (Lipinski definition) is 0. The van der Waals surface area contributed by atoms with Crippen LogP contribution in [0, 0.1) is 6.33 Å². The van der Waals surface area contributed by atoms with Gasteiger partial charge in [0.05, 0.1) is 28.1 Å². The predicted octanol–water partition coefficient (Wildman–Crippen LogP) is 17.0. The van der Waals surface area contributed by atoms with Gasteiger partial charge in [0.1, 0.15) is 17.3 Å². The maximum absolute atomic E-state index is 7.18. The van der Waals surface area contributed by atoms with Gasteiger partial charge in [-0.15, -0.1) is 0 Å². The van der Waals surface area contributed by atoms with Gasteiger partial charge in [0.25, 0.3) is 6.33 Å². The van der Waals surface area contributed by atoms with Crippen molar-refractivity contribution in [3.63, 3.8) is 0 Å². The van der Waals surface area contributed by atoms with Gasteiger partial charge < -0.3 is 4.74 Å². The number of rotatable bonds is 10. The van der Waals surface area contributed by atoms with Crippen LogP contribution in [-0.4, -0.2) is 14.1 Å². The summed E-state index contributed by atoms with van der Waals surface area (Å²) < 4.78 is 13.9. The summed E-state index contributed by atoms with van der Waals surface area (Å²) in [6.07, 6.45) is 8.13. The molecule has 0 aliphatic rings. The molecule has 0 spiro atoms. The number of ether oxygens (including phenoxy) is 1. The molecule has 0 aliphatic heterocycles. The van der Waals surface area contributed by atoms with Gasteiger partial charge in [-0.05, 0) is 127 Å². The van der Waals surface area contributed by atoms with Gasteiger partial charge in [-0.25, -0.2) is 4.98 Å². The second-order valence-corrected chi connectivity index (χ2v) is 24.2. The molecule has 3 heterocycles. The first-order valence-corrected chi connectivity index (χ1v) is 25.8. The van der Waals surface area contributed by atoms with Crippen molar-refractivity contribution in [1.29, 1.82) is 0 Å². The van der Waals surface area contributed by atoms with Crippen LogP contribution in [0.2, 0.25) is 0 Å². The molecular weight excluding hydrogens is 889 g/mol. The highest BCUT2D eigenvalue weighted by Crippen LogP contribution is 2.41. The molecule has 5 nitrogen and oxygen atoms in total. The van der Waals surface area contributed by atoms with E-state index in [9.17, 15) is 0 Å². The number of aromatic nitrogens is 4. The summed E-state index contributed by atoms with van der Waals surface area (Å²) >= 11 is 0. The van der Waals surface area contributed by atoms with Gasteiger partial charge in [-0.2, -0.15) is 0 Å². The third-order valence-electron chi connectivity index (χ3n) is 15.1. The third-order valence-corrected chi connectivity index (χ3v) is 15.1. The highest BCUT2D eigenvalue weighted by molar-refractivity contribution is 6.10. The molecule has 0 aliphatic carbocycles. The zero-order valence-corrected chi connectivity index (χ0v) is 45.1. The van der Waals surface area contributed by atoms with Crippen molar-refractivity contribution in [3.8, 4) is 39.8 Å². The molecule has 0 saturated carbocycles. The van der Waals surface area contributed by atoms with Gasteiger partial charge in [0.15, 0.2) is 0 Å². The van der Waals surface area contributed by atoms with E-state index in [1.54, 1.807) is 0 Å². The number of fused-ring (bicyclic) bond motifs is 3. The van der Waals surface area contributed by atoms with Crippen LogP contribution in [0.25, 0.3) is 50.1 Å². The molecule has 0 atom stereocenters. The largest absolute Gasteiger partial charge is 0.458 e. The minimum atomic E-state index is -0.389. The van der Waals surface area contributed by atoms with Crippen LogP contribution in [-0.2, 0) is 27.1 Å². The molecule has 5 heteroatoms. The molecule has 0 saturated heterocycles.